The maximum absolute atomic E-state index is 11.8. The topological polar surface area (TPSA) is 96.4 Å². The van der Waals surface area contributed by atoms with Crippen molar-refractivity contribution in [2.24, 2.45) is 0 Å². The van der Waals surface area contributed by atoms with E-state index >= 15 is 0 Å². The second-order valence-corrected chi connectivity index (χ2v) is 7.65. The molecule has 0 fully saturated rings. The van der Waals surface area contributed by atoms with E-state index in [0.717, 1.165) is 33.8 Å². The van der Waals surface area contributed by atoms with E-state index in [4.69, 9.17) is 4.74 Å². The number of aliphatic hydroxyl groups excluding tert-OH is 1. The number of fused-ring (bicyclic) bond motifs is 2. The Morgan fingerprint density at radius 1 is 1.03 bits per heavy atom. The van der Waals surface area contributed by atoms with Crippen molar-refractivity contribution < 1.29 is 14.6 Å². The molecule has 2 unspecified atom stereocenters. The number of carbonyl (C=O) groups is 1. The number of para-hydroxylation sites is 2. The molecule has 0 spiro atoms. The fourth-order valence-electron chi connectivity index (χ4n) is 3.37. The summed E-state index contributed by atoms with van der Waals surface area (Å²) in [5.41, 5.74) is 6.58. The highest BCUT2D eigenvalue weighted by Gasteiger charge is 2.21. The molecular formula is C24H30N4O3. The number of esters is 1. The second kappa shape index (κ2) is 9.75. The molecule has 7 nitrogen and oxygen atoms in total. The van der Waals surface area contributed by atoms with Gasteiger partial charge in [-0.2, -0.15) is 0 Å². The molecule has 2 atom stereocenters. The standard InChI is InChI=1S/C13H14N2O2.C11H16N2O/c1-4-17-13(16)10-6-5-7-11-12(10)15-9(3)8(2)14-11;1-7-8(2)13-11-9(6-14)4-3-5-10(11)12-7/h5-7H,4H2,1-3H3;3-5,7-8,12-14H,6H2,1-2H3. The van der Waals surface area contributed by atoms with Crippen LogP contribution in [0.1, 0.15) is 48.1 Å². The van der Waals surface area contributed by atoms with Gasteiger partial charge in [-0.25, -0.2) is 14.8 Å². The van der Waals surface area contributed by atoms with Crippen molar-refractivity contribution in [3.8, 4) is 0 Å². The number of benzene rings is 2. The number of carbonyl (C=O) groups excluding carboxylic acids is 1. The van der Waals surface area contributed by atoms with Crippen molar-refractivity contribution in [3.05, 3.63) is 58.9 Å². The average Bonchev–Trinajstić information content (AvgIpc) is 2.75. The summed E-state index contributed by atoms with van der Waals surface area (Å²) in [6.07, 6.45) is 0. The minimum atomic E-state index is -0.351. The molecule has 0 aliphatic carbocycles. The number of aryl methyl sites for hydroxylation is 2. The van der Waals surface area contributed by atoms with Crippen molar-refractivity contribution in [2.75, 3.05) is 17.2 Å². The lowest BCUT2D eigenvalue weighted by Crippen LogP contribution is -2.39. The SMILES string of the molecule is CC1Nc2cccc(CO)c2NC1C.CCOC(=O)c1cccc2nc(C)c(C)nc12. The summed E-state index contributed by atoms with van der Waals surface area (Å²) >= 11 is 0. The molecule has 0 radical (unpaired) electrons. The first-order chi connectivity index (χ1) is 14.8. The summed E-state index contributed by atoms with van der Waals surface area (Å²) < 4.78 is 5.00. The van der Waals surface area contributed by atoms with Gasteiger partial charge < -0.3 is 20.5 Å². The van der Waals surface area contributed by atoms with E-state index in [2.05, 4.69) is 34.4 Å². The third-order valence-electron chi connectivity index (χ3n) is 5.43. The van der Waals surface area contributed by atoms with Gasteiger partial charge in [-0.3, -0.25) is 0 Å². The summed E-state index contributed by atoms with van der Waals surface area (Å²) in [7, 11) is 0. The Hall–Kier alpha value is -3.19. The lowest BCUT2D eigenvalue weighted by atomic mass is 10.0. The van der Waals surface area contributed by atoms with Gasteiger partial charge in [-0.15, -0.1) is 0 Å². The lowest BCUT2D eigenvalue weighted by Gasteiger charge is -2.33. The quantitative estimate of drug-likeness (QED) is 0.544. The molecule has 3 N–H and O–H groups in total. The smallest absolute Gasteiger partial charge is 0.340 e. The first-order valence-corrected chi connectivity index (χ1v) is 10.5. The number of aliphatic hydroxyl groups is 1. The molecule has 4 rings (SSSR count). The molecule has 1 aliphatic rings. The van der Waals surface area contributed by atoms with E-state index in [1.54, 1.807) is 19.1 Å². The van der Waals surface area contributed by atoms with Gasteiger partial charge in [0.05, 0.1) is 47.1 Å². The third kappa shape index (κ3) is 4.94. The molecule has 3 aromatic rings. The summed E-state index contributed by atoms with van der Waals surface area (Å²) in [6.45, 7) is 10.3. The van der Waals surface area contributed by atoms with Gasteiger partial charge in [0.25, 0.3) is 0 Å². The molecule has 31 heavy (non-hydrogen) atoms. The van der Waals surface area contributed by atoms with Crippen LogP contribution in [0, 0.1) is 13.8 Å². The molecule has 1 aromatic heterocycles. The predicted molar refractivity (Wildman–Crippen MR) is 124 cm³/mol. The molecule has 0 amide bonds. The molecule has 0 bridgehead atoms. The van der Waals surface area contributed by atoms with Gasteiger partial charge in [-0.1, -0.05) is 18.2 Å². The van der Waals surface area contributed by atoms with Gasteiger partial charge >= 0.3 is 5.97 Å². The van der Waals surface area contributed by atoms with E-state index < -0.39 is 0 Å². The monoisotopic (exact) mass is 422 g/mol. The minimum absolute atomic E-state index is 0.0823. The molecule has 0 saturated carbocycles. The van der Waals surface area contributed by atoms with E-state index in [1.165, 1.54) is 0 Å². The van der Waals surface area contributed by atoms with Crippen LogP contribution in [0.5, 0.6) is 0 Å². The van der Waals surface area contributed by atoms with Crippen LogP contribution in [0.3, 0.4) is 0 Å². The highest BCUT2D eigenvalue weighted by molar-refractivity contribution is 6.01. The Kier molecular flexibility index (Phi) is 7.07. The van der Waals surface area contributed by atoms with E-state index in [0.29, 0.717) is 29.8 Å². The molecular weight excluding hydrogens is 392 g/mol. The van der Waals surface area contributed by atoms with Crippen LogP contribution in [-0.2, 0) is 11.3 Å². The Labute approximate surface area is 182 Å². The molecule has 164 valence electrons. The van der Waals surface area contributed by atoms with Crippen molar-refractivity contribution >= 4 is 28.4 Å². The van der Waals surface area contributed by atoms with Crippen LogP contribution in [0.25, 0.3) is 11.0 Å². The van der Waals surface area contributed by atoms with Crippen LogP contribution < -0.4 is 10.6 Å². The fraction of sp³-hybridized carbons (Fsp3) is 0.375. The van der Waals surface area contributed by atoms with Gasteiger partial charge in [-0.05, 0) is 52.8 Å². The number of nitrogens with zero attached hydrogens (tertiary/aromatic N) is 2. The zero-order chi connectivity index (χ0) is 22.5. The van der Waals surface area contributed by atoms with Crippen molar-refractivity contribution in [1.82, 2.24) is 9.97 Å². The zero-order valence-electron chi connectivity index (χ0n) is 18.7. The highest BCUT2D eigenvalue weighted by atomic mass is 16.5. The summed E-state index contributed by atoms with van der Waals surface area (Å²) in [5.74, 6) is -0.351. The van der Waals surface area contributed by atoms with Crippen molar-refractivity contribution in [1.29, 1.82) is 0 Å². The highest BCUT2D eigenvalue weighted by Crippen LogP contribution is 2.31. The number of hydrogen-bond acceptors (Lipinski definition) is 7. The molecule has 0 saturated heterocycles. The number of anilines is 2. The zero-order valence-corrected chi connectivity index (χ0v) is 18.7. The third-order valence-corrected chi connectivity index (χ3v) is 5.43. The maximum atomic E-state index is 11.8. The van der Waals surface area contributed by atoms with Gasteiger partial charge in [0.1, 0.15) is 5.52 Å². The van der Waals surface area contributed by atoms with Crippen LogP contribution in [0.15, 0.2) is 36.4 Å². The fourth-order valence-corrected chi connectivity index (χ4v) is 3.37. The second-order valence-electron chi connectivity index (χ2n) is 7.65. The first kappa shape index (κ1) is 22.5. The predicted octanol–water partition coefficient (Wildman–Crippen LogP) is 4.22. The number of nitrogens with one attached hydrogen (secondary N) is 2. The summed E-state index contributed by atoms with van der Waals surface area (Å²) in [6, 6.07) is 12.1. The Morgan fingerprint density at radius 2 is 1.71 bits per heavy atom. The Morgan fingerprint density at radius 3 is 2.42 bits per heavy atom. The van der Waals surface area contributed by atoms with Crippen molar-refractivity contribution in [3.63, 3.8) is 0 Å². The van der Waals surface area contributed by atoms with Crippen LogP contribution >= 0.6 is 0 Å². The van der Waals surface area contributed by atoms with E-state index in [9.17, 15) is 9.90 Å². The number of ether oxygens (including phenoxy) is 1. The normalized spacial score (nSPS) is 17.0. The number of hydrogen-bond donors (Lipinski definition) is 3. The molecule has 2 aromatic carbocycles. The molecule has 1 aliphatic heterocycles. The maximum Gasteiger partial charge on any atom is 0.340 e. The van der Waals surface area contributed by atoms with Gasteiger partial charge in [0.15, 0.2) is 0 Å². The van der Waals surface area contributed by atoms with Crippen molar-refractivity contribution in [2.45, 2.75) is 53.3 Å². The van der Waals surface area contributed by atoms with Gasteiger partial charge in [0, 0.05) is 17.6 Å². The summed E-state index contributed by atoms with van der Waals surface area (Å²) in [5, 5.41) is 16.0. The van der Waals surface area contributed by atoms with E-state index in [1.807, 2.05) is 38.1 Å². The Bertz CT molecular complexity index is 1080. The largest absolute Gasteiger partial charge is 0.462 e. The van der Waals surface area contributed by atoms with Crippen LogP contribution in [0.4, 0.5) is 11.4 Å². The van der Waals surface area contributed by atoms with Crippen LogP contribution in [-0.4, -0.2) is 39.7 Å². The van der Waals surface area contributed by atoms with Crippen LogP contribution in [0.2, 0.25) is 0 Å². The van der Waals surface area contributed by atoms with E-state index in [-0.39, 0.29) is 12.6 Å². The van der Waals surface area contributed by atoms with Gasteiger partial charge in [0.2, 0.25) is 0 Å². The lowest BCUT2D eigenvalue weighted by molar-refractivity contribution is 0.0528. The first-order valence-electron chi connectivity index (χ1n) is 10.5. The number of aromatic nitrogens is 2. The summed E-state index contributed by atoms with van der Waals surface area (Å²) in [4.78, 5) is 20.6. The molecule has 7 heteroatoms. The molecule has 2 heterocycles. The number of rotatable bonds is 3. The Balaban J connectivity index is 0.000000179. The average molecular weight is 423 g/mol. The minimum Gasteiger partial charge on any atom is -0.462 e.